The van der Waals surface area contributed by atoms with Crippen molar-refractivity contribution in [1.29, 1.82) is 0 Å². The number of aromatic nitrogens is 1. The molecule has 3 heteroatoms. The Morgan fingerprint density at radius 1 is 0.900 bits per heavy atom. The fraction of sp³-hybridized carbons (Fsp3) is 0. The Kier molecular flexibility index (Phi) is 3.61. The molecule has 1 aromatic heterocycles. The average Bonchev–Trinajstić information content (AvgIpc) is 2.97. The summed E-state index contributed by atoms with van der Waals surface area (Å²) >= 11 is 1.62. The lowest BCUT2D eigenvalue weighted by molar-refractivity contribution is 0.475. The highest BCUT2D eigenvalue weighted by Gasteiger charge is 2.01. The SMILES string of the molecule is Oc1ccc(/C=C/c2nc(-c3ccccc3)cs2)cc1. The van der Waals surface area contributed by atoms with Crippen LogP contribution in [0.2, 0.25) is 0 Å². The molecule has 0 aliphatic heterocycles. The van der Waals surface area contributed by atoms with Crippen LogP contribution < -0.4 is 0 Å². The number of aromatic hydroxyl groups is 1. The molecule has 98 valence electrons. The lowest BCUT2D eigenvalue weighted by Crippen LogP contribution is -1.77. The Morgan fingerprint density at radius 3 is 2.40 bits per heavy atom. The van der Waals surface area contributed by atoms with Gasteiger partial charge in [0.1, 0.15) is 10.8 Å². The summed E-state index contributed by atoms with van der Waals surface area (Å²) in [4.78, 5) is 4.60. The fourth-order valence-corrected chi connectivity index (χ4v) is 2.58. The molecular weight excluding hydrogens is 266 g/mol. The summed E-state index contributed by atoms with van der Waals surface area (Å²) in [6, 6.07) is 17.2. The van der Waals surface area contributed by atoms with Crippen molar-refractivity contribution in [2.75, 3.05) is 0 Å². The van der Waals surface area contributed by atoms with E-state index >= 15 is 0 Å². The molecule has 2 aromatic carbocycles. The number of hydrogen-bond acceptors (Lipinski definition) is 3. The normalized spacial score (nSPS) is 11.0. The zero-order chi connectivity index (χ0) is 13.8. The van der Waals surface area contributed by atoms with Crippen molar-refractivity contribution in [3.63, 3.8) is 0 Å². The minimum atomic E-state index is 0.280. The second-order valence-corrected chi connectivity index (χ2v) is 5.25. The minimum Gasteiger partial charge on any atom is -0.508 e. The number of thiazole rings is 1. The highest BCUT2D eigenvalue weighted by Crippen LogP contribution is 2.23. The van der Waals surface area contributed by atoms with Crippen molar-refractivity contribution in [1.82, 2.24) is 4.98 Å². The van der Waals surface area contributed by atoms with E-state index in [4.69, 9.17) is 0 Å². The molecule has 1 heterocycles. The zero-order valence-electron chi connectivity index (χ0n) is 10.7. The molecule has 0 aliphatic rings. The van der Waals surface area contributed by atoms with Crippen LogP contribution in [0.25, 0.3) is 23.4 Å². The van der Waals surface area contributed by atoms with Crippen molar-refractivity contribution < 1.29 is 5.11 Å². The predicted octanol–water partition coefficient (Wildman–Crippen LogP) is 4.69. The summed E-state index contributed by atoms with van der Waals surface area (Å²) in [6.45, 7) is 0. The van der Waals surface area contributed by atoms with E-state index in [1.54, 1.807) is 23.5 Å². The molecule has 1 N–H and O–H groups in total. The van der Waals surface area contributed by atoms with Gasteiger partial charge in [0.15, 0.2) is 0 Å². The van der Waals surface area contributed by atoms with Gasteiger partial charge in [0, 0.05) is 10.9 Å². The second kappa shape index (κ2) is 5.72. The van der Waals surface area contributed by atoms with Crippen molar-refractivity contribution in [3.8, 4) is 17.0 Å². The van der Waals surface area contributed by atoms with Crippen molar-refractivity contribution in [2.24, 2.45) is 0 Å². The molecule has 20 heavy (non-hydrogen) atoms. The molecule has 0 fully saturated rings. The highest BCUT2D eigenvalue weighted by atomic mass is 32.1. The summed E-state index contributed by atoms with van der Waals surface area (Å²) in [5.74, 6) is 0.280. The molecule has 0 bridgehead atoms. The number of benzene rings is 2. The number of hydrogen-bond donors (Lipinski definition) is 1. The molecule has 0 unspecified atom stereocenters. The largest absolute Gasteiger partial charge is 0.508 e. The van der Waals surface area contributed by atoms with Crippen LogP contribution in [0.3, 0.4) is 0 Å². The summed E-state index contributed by atoms with van der Waals surface area (Å²) < 4.78 is 0. The number of phenolic OH excluding ortho intramolecular Hbond substituents is 1. The number of rotatable bonds is 3. The van der Waals surface area contributed by atoms with Gasteiger partial charge in [-0.15, -0.1) is 11.3 Å². The van der Waals surface area contributed by atoms with Gasteiger partial charge < -0.3 is 5.11 Å². The van der Waals surface area contributed by atoms with Crippen LogP contribution in [0.1, 0.15) is 10.6 Å². The molecule has 3 aromatic rings. The average molecular weight is 279 g/mol. The van der Waals surface area contributed by atoms with Gasteiger partial charge in [0.05, 0.1) is 5.69 Å². The lowest BCUT2D eigenvalue weighted by atomic mass is 10.2. The molecule has 0 atom stereocenters. The molecule has 0 spiro atoms. The standard InChI is InChI=1S/C17H13NOS/c19-15-9-6-13(7-10-15)8-11-17-18-16(12-20-17)14-4-2-1-3-5-14/h1-12,19H/b11-8+. The lowest BCUT2D eigenvalue weighted by Gasteiger charge is -1.94. The van der Waals surface area contributed by atoms with E-state index < -0.39 is 0 Å². The van der Waals surface area contributed by atoms with Crippen LogP contribution >= 0.6 is 11.3 Å². The molecular formula is C17H13NOS. The summed E-state index contributed by atoms with van der Waals surface area (Å²) in [6.07, 6.45) is 3.98. The Bertz CT molecular complexity index is 714. The first-order chi connectivity index (χ1) is 9.81. The monoisotopic (exact) mass is 279 g/mol. The van der Waals surface area contributed by atoms with Crippen molar-refractivity contribution in [2.45, 2.75) is 0 Å². The van der Waals surface area contributed by atoms with Crippen LogP contribution in [-0.4, -0.2) is 10.1 Å². The van der Waals surface area contributed by atoms with Gasteiger partial charge in [0.2, 0.25) is 0 Å². The van der Waals surface area contributed by atoms with Gasteiger partial charge in [-0.1, -0.05) is 48.5 Å². The Labute approximate surface area is 121 Å². The molecule has 0 aliphatic carbocycles. The van der Waals surface area contributed by atoms with Crippen LogP contribution in [0, 0.1) is 0 Å². The van der Waals surface area contributed by atoms with Gasteiger partial charge >= 0.3 is 0 Å². The molecule has 0 radical (unpaired) electrons. The van der Waals surface area contributed by atoms with Crippen LogP contribution in [-0.2, 0) is 0 Å². The van der Waals surface area contributed by atoms with Crippen LogP contribution in [0.15, 0.2) is 60.0 Å². The molecule has 0 amide bonds. The van der Waals surface area contributed by atoms with E-state index in [-0.39, 0.29) is 5.75 Å². The van der Waals surface area contributed by atoms with Gasteiger partial charge in [-0.3, -0.25) is 0 Å². The van der Waals surface area contributed by atoms with Gasteiger partial charge in [-0.25, -0.2) is 4.98 Å². The summed E-state index contributed by atoms with van der Waals surface area (Å²) in [7, 11) is 0. The van der Waals surface area contributed by atoms with Crippen molar-refractivity contribution in [3.05, 3.63) is 70.5 Å². The van der Waals surface area contributed by atoms with Crippen LogP contribution in [0.4, 0.5) is 0 Å². The Balaban J connectivity index is 1.79. The first-order valence-corrected chi connectivity index (χ1v) is 7.17. The van der Waals surface area contributed by atoms with E-state index in [0.29, 0.717) is 0 Å². The number of phenols is 1. The van der Waals surface area contributed by atoms with E-state index in [9.17, 15) is 5.11 Å². The maximum absolute atomic E-state index is 9.24. The minimum absolute atomic E-state index is 0.280. The van der Waals surface area contributed by atoms with E-state index in [2.05, 4.69) is 22.5 Å². The Hall–Kier alpha value is -2.39. The van der Waals surface area contributed by atoms with E-state index in [1.165, 1.54) is 0 Å². The smallest absolute Gasteiger partial charge is 0.116 e. The van der Waals surface area contributed by atoms with E-state index in [1.807, 2.05) is 42.5 Å². The maximum atomic E-state index is 9.24. The van der Waals surface area contributed by atoms with E-state index in [0.717, 1.165) is 21.8 Å². The molecule has 0 saturated heterocycles. The van der Waals surface area contributed by atoms with Gasteiger partial charge in [-0.05, 0) is 23.8 Å². The fourth-order valence-electron chi connectivity index (χ4n) is 1.86. The third kappa shape index (κ3) is 2.95. The zero-order valence-corrected chi connectivity index (χ0v) is 11.5. The molecule has 0 saturated carbocycles. The topological polar surface area (TPSA) is 33.1 Å². The quantitative estimate of drug-likeness (QED) is 0.754. The summed E-state index contributed by atoms with van der Waals surface area (Å²) in [5, 5.41) is 12.3. The second-order valence-electron chi connectivity index (χ2n) is 4.36. The Morgan fingerprint density at radius 2 is 1.65 bits per heavy atom. The van der Waals surface area contributed by atoms with Crippen LogP contribution in [0.5, 0.6) is 5.75 Å². The van der Waals surface area contributed by atoms with Gasteiger partial charge in [-0.2, -0.15) is 0 Å². The predicted molar refractivity (Wildman–Crippen MR) is 84.6 cm³/mol. The summed E-state index contributed by atoms with van der Waals surface area (Å²) in [5.41, 5.74) is 3.17. The first-order valence-electron chi connectivity index (χ1n) is 6.29. The third-order valence-corrected chi connectivity index (χ3v) is 3.71. The van der Waals surface area contributed by atoms with Gasteiger partial charge in [0.25, 0.3) is 0 Å². The van der Waals surface area contributed by atoms with Crippen molar-refractivity contribution >= 4 is 23.5 Å². The number of nitrogens with zero attached hydrogens (tertiary/aromatic N) is 1. The first kappa shape index (κ1) is 12.6. The third-order valence-electron chi connectivity index (χ3n) is 2.90. The molecule has 3 rings (SSSR count). The maximum Gasteiger partial charge on any atom is 0.116 e. The highest BCUT2D eigenvalue weighted by molar-refractivity contribution is 7.10. The molecule has 2 nitrogen and oxygen atoms in total.